The zero-order chi connectivity index (χ0) is 14.6. The van der Waals surface area contributed by atoms with Crippen LogP contribution in [0.1, 0.15) is 58.3 Å². The molecule has 2 fully saturated rings. The molecular weight excluding hydrogens is 258 g/mol. The second-order valence-electron chi connectivity index (χ2n) is 6.37. The summed E-state index contributed by atoms with van der Waals surface area (Å²) in [6, 6.07) is 0. The summed E-state index contributed by atoms with van der Waals surface area (Å²) in [5.41, 5.74) is -1.56. The highest BCUT2D eigenvalue weighted by atomic mass is 16.5. The van der Waals surface area contributed by atoms with Crippen molar-refractivity contribution in [2.75, 3.05) is 13.2 Å². The minimum absolute atomic E-state index is 0.167. The van der Waals surface area contributed by atoms with Crippen molar-refractivity contribution in [3.63, 3.8) is 0 Å². The molecule has 0 bridgehead atoms. The summed E-state index contributed by atoms with van der Waals surface area (Å²) in [4.78, 5) is 23.9. The molecule has 1 amide bonds. The predicted molar refractivity (Wildman–Crippen MR) is 74.4 cm³/mol. The summed E-state index contributed by atoms with van der Waals surface area (Å²) >= 11 is 0. The molecule has 2 aliphatic rings. The van der Waals surface area contributed by atoms with Crippen LogP contribution in [0.5, 0.6) is 0 Å². The van der Waals surface area contributed by atoms with Crippen LogP contribution in [0, 0.1) is 5.41 Å². The van der Waals surface area contributed by atoms with Crippen LogP contribution in [0.2, 0.25) is 0 Å². The molecule has 1 saturated carbocycles. The zero-order valence-corrected chi connectivity index (χ0v) is 12.2. The topological polar surface area (TPSA) is 75.6 Å². The van der Waals surface area contributed by atoms with Crippen LogP contribution in [0.15, 0.2) is 0 Å². The number of hydrogen-bond acceptors (Lipinski definition) is 3. The third kappa shape index (κ3) is 3.14. The third-order valence-electron chi connectivity index (χ3n) is 4.80. The monoisotopic (exact) mass is 283 g/mol. The molecule has 1 unspecified atom stereocenters. The molecule has 114 valence electrons. The van der Waals surface area contributed by atoms with Gasteiger partial charge in [0.2, 0.25) is 0 Å². The minimum Gasteiger partial charge on any atom is -0.481 e. The van der Waals surface area contributed by atoms with Gasteiger partial charge in [-0.1, -0.05) is 25.7 Å². The zero-order valence-electron chi connectivity index (χ0n) is 12.2. The van der Waals surface area contributed by atoms with E-state index in [1.165, 1.54) is 0 Å². The SMILES string of the molecule is CC1(C(=O)NCC2(C(=O)O)CCCCCC2)CCCO1. The normalized spacial score (nSPS) is 29.6. The van der Waals surface area contributed by atoms with Gasteiger partial charge in [0.05, 0.1) is 5.41 Å². The highest BCUT2D eigenvalue weighted by Gasteiger charge is 2.42. The summed E-state index contributed by atoms with van der Waals surface area (Å²) in [7, 11) is 0. The van der Waals surface area contributed by atoms with Gasteiger partial charge in [0, 0.05) is 13.2 Å². The highest BCUT2D eigenvalue weighted by molar-refractivity contribution is 5.86. The largest absolute Gasteiger partial charge is 0.481 e. The van der Waals surface area contributed by atoms with E-state index in [-0.39, 0.29) is 12.5 Å². The number of carboxylic acid groups (broad SMARTS) is 1. The number of rotatable bonds is 4. The van der Waals surface area contributed by atoms with Gasteiger partial charge >= 0.3 is 5.97 Å². The van der Waals surface area contributed by atoms with Gasteiger partial charge < -0.3 is 15.2 Å². The van der Waals surface area contributed by atoms with Crippen molar-refractivity contribution in [1.82, 2.24) is 5.32 Å². The van der Waals surface area contributed by atoms with E-state index < -0.39 is 17.0 Å². The fourth-order valence-electron chi connectivity index (χ4n) is 3.27. The Balaban J connectivity index is 1.98. The van der Waals surface area contributed by atoms with Gasteiger partial charge in [-0.15, -0.1) is 0 Å². The Morgan fingerprint density at radius 2 is 1.75 bits per heavy atom. The van der Waals surface area contributed by atoms with E-state index in [0.29, 0.717) is 25.9 Å². The maximum absolute atomic E-state index is 12.2. The summed E-state index contributed by atoms with van der Waals surface area (Å²) in [6.07, 6.45) is 6.92. The Labute approximate surface area is 120 Å². The average molecular weight is 283 g/mol. The van der Waals surface area contributed by atoms with Crippen LogP contribution < -0.4 is 5.32 Å². The van der Waals surface area contributed by atoms with Gasteiger partial charge in [-0.05, 0) is 32.6 Å². The van der Waals surface area contributed by atoms with Crippen LogP contribution in [0.25, 0.3) is 0 Å². The second kappa shape index (κ2) is 6.12. The van der Waals surface area contributed by atoms with Crippen LogP contribution in [-0.4, -0.2) is 35.7 Å². The number of hydrogen-bond donors (Lipinski definition) is 2. The first-order valence-corrected chi connectivity index (χ1v) is 7.64. The molecule has 2 N–H and O–H groups in total. The molecule has 0 aromatic rings. The molecule has 1 saturated heterocycles. The first-order valence-electron chi connectivity index (χ1n) is 7.64. The van der Waals surface area contributed by atoms with Crippen LogP contribution in [-0.2, 0) is 14.3 Å². The Kier molecular flexibility index (Phi) is 4.68. The number of carbonyl (C=O) groups is 2. The summed E-state index contributed by atoms with van der Waals surface area (Å²) < 4.78 is 5.50. The second-order valence-corrected chi connectivity index (χ2v) is 6.37. The van der Waals surface area contributed by atoms with E-state index in [1.54, 1.807) is 6.92 Å². The molecule has 5 heteroatoms. The standard InChI is InChI=1S/C15H25NO4/c1-14(7-6-10-20-14)12(17)16-11-15(13(18)19)8-4-2-3-5-9-15/h2-11H2,1H3,(H,16,17)(H,18,19). The minimum atomic E-state index is -0.791. The molecule has 1 atom stereocenters. The van der Waals surface area contributed by atoms with Gasteiger partial charge in [-0.3, -0.25) is 9.59 Å². The van der Waals surface area contributed by atoms with Crippen LogP contribution in [0.3, 0.4) is 0 Å². The fourth-order valence-corrected chi connectivity index (χ4v) is 3.27. The molecule has 0 aromatic heterocycles. The van der Waals surface area contributed by atoms with Crippen LogP contribution >= 0.6 is 0 Å². The number of ether oxygens (including phenoxy) is 1. The lowest BCUT2D eigenvalue weighted by molar-refractivity contribution is -0.151. The van der Waals surface area contributed by atoms with Crippen molar-refractivity contribution in [3.8, 4) is 0 Å². The van der Waals surface area contributed by atoms with E-state index in [4.69, 9.17) is 4.74 Å². The Hall–Kier alpha value is -1.10. The quantitative estimate of drug-likeness (QED) is 0.775. The molecule has 0 spiro atoms. The first kappa shape index (κ1) is 15.3. The predicted octanol–water partition coefficient (Wildman–Crippen LogP) is 2.10. The Bertz CT molecular complexity index is 366. The van der Waals surface area contributed by atoms with Crippen molar-refractivity contribution in [1.29, 1.82) is 0 Å². The van der Waals surface area contributed by atoms with Crippen LogP contribution in [0.4, 0.5) is 0 Å². The van der Waals surface area contributed by atoms with Crippen molar-refractivity contribution in [2.45, 2.75) is 63.9 Å². The lowest BCUT2D eigenvalue weighted by Gasteiger charge is -2.30. The van der Waals surface area contributed by atoms with E-state index in [9.17, 15) is 14.7 Å². The molecule has 1 heterocycles. The van der Waals surface area contributed by atoms with E-state index >= 15 is 0 Å². The molecule has 2 rings (SSSR count). The summed E-state index contributed by atoms with van der Waals surface area (Å²) in [6.45, 7) is 2.62. The van der Waals surface area contributed by atoms with Crippen molar-refractivity contribution in [3.05, 3.63) is 0 Å². The molecular formula is C15H25NO4. The molecule has 0 radical (unpaired) electrons. The molecule has 20 heavy (non-hydrogen) atoms. The van der Waals surface area contributed by atoms with E-state index in [1.807, 2.05) is 0 Å². The number of aliphatic carboxylic acids is 1. The molecule has 1 aliphatic heterocycles. The van der Waals surface area contributed by atoms with Gasteiger partial charge in [0.25, 0.3) is 5.91 Å². The lowest BCUT2D eigenvalue weighted by Crippen LogP contribution is -2.49. The van der Waals surface area contributed by atoms with Crippen molar-refractivity contribution in [2.24, 2.45) is 5.41 Å². The van der Waals surface area contributed by atoms with E-state index in [0.717, 1.165) is 32.1 Å². The lowest BCUT2D eigenvalue weighted by atomic mass is 9.80. The number of carbonyl (C=O) groups excluding carboxylic acids is 1. The average Bonchev–Trinajstić information content (AvgIpc) is 2.73. The number of carboxylic acids is 1. The maximum Gasteiger partial charge on any atom is 0.311 e. The van der Waals surface area contributed by atoms with Gasteiger partial charge in [-0.25, -0.2) is 0 Å². The third-order valence-corrected chi connectivity index (χ3v) is 4.80. The fraction of sp³-hybridized carbons (Fsp3) is 0.867. The first-order chi connectivity index (χ1) is 9.49. The molecule has 5 nitrogen and oxygen atoms in total. The van der Waals surface area contributed by atoms with Crippen molar-refractivity contribution >= 4 is 11.9 Å². The Morgan fingerprint density at radius 3 is 2.25 bits per heavy atom. The smallest absolute Gasteiger partial charge is 0.311 e. The maximum atomic E-state index is 12.2. The van der Waals surface area contributed by atoms with Crippen molar-refractivity contribution < 1.29 is 19.4 Å². The molecule has 1 aliphatic carbocycles. The summed E-state index contributed by atoms with van der Waals surface area (Å²) in [5, 5.41) is 12.4. The highest BCUT2D eigenvalue weighted by Crippen LogP contribution is 2.35. The molecule has 0 aromatic carbocycles. The van der Waals surface area contributed by atoms with Gasteiger partial charge in [0.1, 0.15) is 5.60 Å². The Morgan fingerprint density at radius 1 is 1.10 bits per heavy atom. The van der Waals surface area contributed by atoms with E-state index in [2.05, 4.69) is 5.32 Å². The summed E-state index contributed by atoms with van der Waals surface area (Å²) in [5.74, 6) is -0.947. The van der Waals surface area contributed by atoms with Gasteiger partial charge in [-0.2, -0.15) is 0 Å². The number of amides is 1. The number of nitrogens with one attached hydrogen (secondary N) is 1. The van der Waals surface area contributed by atoms with Gasteiger partial charge in [0.15, 0.2) is 0 Å².